The molecule has 0 aromatic heterocycles. The quantitative estimate of drug-likeness (QED) is 0.741. The Morgan fingerprint density at radius 3 is 2.57 bits per heavy atom. The Hall–Kier alpha value is -1.77. The first-order valence-corrected chi connectivity index (χ1v) is 4.22. The third kappa shape index (κ3) is 2.13. The van der Waals surface area contributed by atoms with E-state index in [-0.39, 0.29) is 5.57 Å². The first-order valence-electron chi connectivity index (χ1n) is 4.22. The zero-order valence-corrected chi connectivity index (χ0v) is 8.32. The molecule has 0 spiro atoms. The molecule has 74 valence electrons. The van der Waals surface area contributed by atoms with E-state index in [9.17, 15) is 4.79 Å². The van der Waals surface area contributed by atoms with E-state index in [1.165, 1.54) is 0 Å². The molecule has 0 aliphatic heterocycles. The van der Waals surface area contributed by atoms with Crippen molar-refractivity contribution < 1.29 is 9.90 Å². The van der Waals surface area contributed by atoms with Crippen molar-refractivity contribution in [3.05, 3.63) is 36.4 Å². The molecule has 1 rings (SSSR count). The molecule has 0 aliphatic carbocycles. The summed E-state index contributed by atoms with van der Waals surface area (Å²) in [6.45, 7) is 3.51. The second-order valence-electron chi connectivity index (χ2n) is 3.23. The lowest BCUT2D eigenvalue weighted by molar-refractivity contribution is -0.130. The minimum atomic E-state index is -0.985. The van der Waals surface area contributed by atoms with E-state index in [1.54, 1.807) is 12.1 Å². The maximum atomic E-state index is 10.7. The molecule has 1 aromatic carbocycles. The molecule has 0 saturated carbocycles. The van der Waals surface area contributed by atoms with E-state index in [0.717, 1.165) is 5.69 Å². The third-order valence-corrected chi connectivity index (χ3v) is 1.97. The first-order chi connectivity index (χ1) is 6.52. The van der Waals surface area contributed by atoms with Crippen molar-refractivity contribution in [1.29, 1.82) is 0 Å². The molecule has 0 atom stereocenters. The van der Waals surface area contributed by atoms with Crippen LogP contribution in [0.5, 0.6) is 0 Å². The molecular formula is C11H13NO2. The highest BCUT2D eigenvalue weighted by Crippen LogP contribution is 2.18. The Labute approximate surface area is 83.3 Å². The van der Waals surface area contributed by atoms with E-state index in [0.29, 0.717) is 5.56 Å². The topological polar surface area (TPSA) is 40.5 Å². The van der Waals surface area contributed by atoms with Crippen LogP contribution < -0.4 is 4.90 Å². The zero-order valence-electron chi connectivity index (χ0n) is 8.32. The second kappa shape index (κ2) is 3.96. The van der Waals surface area contributed by atoms with Gasteiger partial charge in [-0.25, -0.2) is 4.79 Å². The highest BCUT2D eigenvalue weighted by Gasteiger charge is 2.07. The van der Waals surface area contributed by atoms with Crippen molar-refractivity contribution in [2.24, 2.45) is 0 Å². The number of nitrogens with zero attached hydrogens (tertiary/aromatic N) is 1. The van der Waals surface area contributed by atoms with Crippen molar-refractivity contribution in [3.63, 3.8) is 0 Å². The Balaban J connectivity index is 3.06. The number of rotatable bonds is 3. The number of anilines is 1. The van der Waals surface area contributed by atoms with Gasteiger partial charge in [-0.3, -0.25) is 0 Å². The smallest absolute Gasteiger partial charge is 0.335 e. The van der Waals surface area contributed by atoms with Crippen LogP contribution in [0.25, 0.3) is 5.57 Å². The monoisotopic (exact) mass is 191 g/mol. The fourth-order valence-corrected chi connectivity index (χ4v) is 1.10. The first kappa shape index (κ1) is 10.3. The predicted molar refractivity (Wildman–Crippen MR) is 57.4 cm³/mol. The summed E-state index contributed by atoms with van der Waals surface area (Å²) in [5.74, 6) is -0.985. The molecule has 0 aliphatic rings. The lowest BCUT2D eigenvalue weighted by Gasteiger charge is -2.13. The second-order valence-corrected chi connectivity index (χ2v) is 3.23. The summed E-state index contributed by atoms with van der Waals surface area (Å²) in [6, 6.07) is 7.28. The van der Waals surface area contributed by atoms with E-state index in [2.05, 4.69) is 6.58 Å². The van der Waals surface area contributed by atoms with Crippen LogP contribution >= 0.6 is 0 Å². The van der Waals surface area contributed by atoms with Crippen LogP contribution in [-0.4, -0.2) is 25.2 Å². The standard InChI is InChI=1S/C11H13NO2/c1-8(11(13)14)9-5-4-6-10(7-9)12(2)3/h4-7H,1H2,2-3H3,(H,13,14). The van der Waals surface area contributed by atoms with Gasteiger partial charge in [-0.15, -0.1) is 0 Å². The Morgan fingerprint density at radius 1 is 1.43 bits per heavy atom. The van der Waals surface area contributed by atoms with Crippen LogP contribution in [0.3, 0.4) is 0 Å². The largest absolute Gasteiger partial charge is 0.478 e. The number of aliphatic carboxylic acids is 1. The van der Waals surface area contributed by atoms with Crippen LogP contribution in [0.4, 0.5) is 5.69 Å². The molecule has 0 unspecified atom stereocenters. The molecule has 1 aromatic rings. The molecule has 0 fully saturated rings. The fourth-order valence-electron chi connectivity index (χ4n) is 1.10. The van der Waals surface area contributed by atoms with Crippen LogP contribution in [0.15, 0.2) is 30.8 Å². The van der Waals surface area contributed by atoms with Crippen LogP contribution in [0.2, 0.25) is 0 Å². The molecule has 3 nitrogen and oxygen atoms in total. The molecule has 0 heterocycles. The zero-order chi connectivity index (χ0) is 10.7. The molecule has 3 heteroatoms. The predicted octanol–water partition coefficient (Wildman–Crippen LogP) is 1.85. The minimum Gasteiger partial charge on any atom is -0.478 e. The Morgan fingerprint density at radius 2 is 2.07 bits per heavy atom. The van der Waals surface area contributed by atoms with Crippen molar-refractivity contribution in [3.8, 4) is 0 Å². The molecule has 0 saturated heterocycles. The fraction of sp³-hybridized carbons (Fsp3) is 0.182. The van der Waals surface area contributed by atoms with Crippen LogP contribution in [0.1, 0.15) is 5.56 Å². The Kier molecular flexibility index (Phi) is 2.92. The molecular weight excluding hydrogens is 178 g/mol. The molecule has 1 N–H and O–H groups in total. The lowest BCUT2D eigenvalue weighted by atomic mass is 10.1. The molecule has 0 radical (unpaired) electrons. The summed E-state index contributed by atoms with van der Waals surface area (Å²) >= 11 is 0. The van der Waals surface area contributed by atoms with Gasteiger partial charge in [0.05, 0.1) is 5.57 Å². The summed E-state index contributed by atoms with van der Waals surface area (Å²) in [5, 5.41) is 8.75. The van der Waals surface area contributed by atoms with E-state index in [1.807, 2.05) is 31.1 Å². The van der Waals surface area contributed by atoms with Crippen LogP contribution in [-0.2, 0) is 4.79 Å². The van der Waals surface area contributed by atoms with Gasteiger partial charge >= 0.3 is 5.97 Å². The summed E-state index contributed by atoms with van der Waals surface area (Å²) in [6.07, 6.45) is 0. The van der Waals surface area contributed by atoms with E-state index in [4.69, 9.17) is 5.11 Å². The maximum Gasteiger partial charge on any atom is 0.335 e. The normalized spacial score (nSPS) is 9.57. The average molecular weight is 191 g/mol. The van der Waals surface area contributed by atoms with Crippen molar-refractivity contribution >= 4 is 17.2 Å². The third-order valence-electron chi connectivity index (χ3n) is 1.97. The molecule has 14 heavy (non-hydrogen) atoms. The Bertz CT molecular complexity index is 369. The van der Waals surface area contributed by atoms with Crippen molar-refractivity contribution in [2.75, 3.05) is 19.0 Å². The SMILES string of the molecule is C=C(C(=O)O)c1cccc(N(C)C)c1. The van der Waals surface area contributed by atoms with Crippen molar-refractivity contribution in [1.82, 2.24) is 0 Å². The van der Waals surface area contributed by atoms with Gasteiger partial charge in [0.15, 0.2) is 0 Å². The average Bonchev–Trinajstić information content (AvgIpc) is 2.16. The van der Waals surface area contributed by atoms with Gasteiger partial charge in [-0.2, -0.15) is 0 Å². The van der Waals surface area contributed by atoms with Gasteiger partial charge in [-0.1, -0.05) is 18.7 Å². The maximum absolute atomic E-state index is 10.7. The number of carboxylic acid groups (broad SMARTS) is 1. The highest BCUT2D eigenvalue weighted by molar-refractivity contribution is 6.14. The van der Waals surface area contributed by atoms with Crippen LogP contribution in [0, 0.1) is 0 Å². The van der Waals surface area contributed by atoms with Gasteiger partial charge in [0.1, 0.15) is 0 Å². The van der Waals surface area contributed by atoms with E-state index < -0.39 is 5.97 Å². The number of carbonyl (C=O) groups is 1. The molecule has 0 bridgehead atoms. The van der Waals surface area contributed by atoms with Gasteiger partial charge < -0.3 is 10.0 Å². The highest BCUT2D eigenvalue weighted by atomic mass is 16.4. The number of benzene rings is 1. The van der Waals surface area contributed by atoms with E-state index >= 15 is 0 Å². The van der Waals surface area contributed by atoms with Gasteiger partial charge in [0.25, 0.3) is 0 Å². The summed E-state index contributed by atoms with van der Waals surface area (Å²) < 4.78 is 0. The number of hydrogen-bond acceptors (Lipinski definition) is 2. The summed E-state index contributed by atoms with van der Waals surface area (Å²) in [5.41, 5.74) is 1.72. The number of hydrogen-bond donors (Lipinski definition) is 1. The number of carboxylic acids is 1. The van der Waals surface area contributed by atoms with Gasteiger partial charge in [0.2, 0.25) is 0 Å². The van der Waals surface area contributed by atoms with Gasteiger partial charge in [0, 0.05) is 19.8 Å². The lowest BCUT2D eigenvalue weighted by Crippen LogP contribution is -2.09. The van der Waals surface area contributed by atoms with Crippen molar-refractivity contribution in [2.45, 2.75) is 0 Å². The summed E-state index contributed by atoms with van der Waals surface area (Å²) in [7, 11) is 3.81. The minimum absolute atomic E-state index is 0.119. The summed E-state index contributed by atoms with van der Waals surface area (Å²) in [4.78, 5) is 12.6. The van der Waals surface area contributed by atoms with Gasteiger partial charge in [-0.05, 0) is 17.7 Å². The molecule has 0 amide bonds.